The maximum absolute atomic E-state index is 13.5. The summed E-state index contributed by atoms with van der Waals surface area (Å²) in [5.74, 6) is -0.670. The Kier molecular flexibility index (Phi) is 8.47. The monoisotopic (exact) mass is 588 g/mol. The lowest BCUT2D eigenvalue weighted by Gasteiger charge is -2.24. The van der Waals surface area contributed by atoms with Gasteiger partial charge in [0, 0.05) is 17.0 Å². The topological polar surface area (TPSA) is 83.8 Å². The minimum absolute atomic E-state index is 0.000596. The van der Waals surface area contributed by atoms with E-state index in [1.54, 1.807) is 24.3 Å². The number of benzene rings is 3. The molecule has 1 amide bonds. The highest BCUT2D eigenvalue weighted by atomic mass is 35.5. The Morgan fingerprint density at radius 1 is 0.947 bits per heavy atom. The summed E-state index contributed by atoms with van der Waals surface area (Å²) in [6.45, 7) is 3.27. The SMILES string of the molecule is Cc1cc(/C=N/NC(=O)CN(c2cccc(Cl)c2Cl)S(=O)(=O)c2ccccc2)c(C)n1-c1ccccc1Cl. The molecule has 11 heteroatoms. The molecule has 0 spiro atoms. The van der Waals surface area contributed by atoms with Gasteiger partial charge >= 0.3 is 0 Å². The number of hydrazone groups is 1. The highest BCUT2D eigenvalue weighted by molar-refractivity contribution is 7.92. The van der Waals surface area contributed by atoms with Crippen molar-refractivity contribution in [1.82, 2.24) is 9.99 Å². The highest BCUT2D eigenvalue weighted by Gasteiger charge is 2.29. The third-order valence-corrected chi connectivity index (χ3v) is 8.68. The van der Waals surface area contributed by atoms with Crippen LogP contribution in [0.25, 0.3) is 5.69 Å². The average Bonchev–Trinajstić information content (AvgIpc) is 3.17. The summed E-state index contributed by atoms with van der Waals surface area (Å²) in [4.78, 5) is 12.9. The number of hydrogen-bond donors (Lipinski definition) is 1. The van der Waals surface area contributed by atoms with Crippen LogP contribution in [0.4, 0.5) is 5.69 Å². The number of nitrogens with one attached hydrogen (secondary N) is 1. The van der Waals surface area contributed by atoms with Gasteiger partial charge in [0.25, 0.3) is 15.9 Å². The molecule has 7 nitrogen and oxygen atoms in total. The number of aromatic nitrogens is 1. The molecule has 0 aliphatic rings. The van der Waals surface area contributed by atoms with E-state index in [-0.39, 0.29) is 20.6 Å². The number of aryl methyl sites for hydroxylation is 1. The lowest BCUT2D eigenvalue weighted by molar-refractivity contribution is -0.119. The van der Waals surface area contributed by atoms with E-state index in [1.165, 1.54) is 30.5 Å². The van der Waals surface area contributed by atoms with Crippen LogP contribution in [0.1, 0.15) is 17.0 Å². The van der Waals surface area contributed by atoms with Gasteiger partial charge in [0.2, 0.25) is 0 Å². The van der Waals surface area contributed by atoms with Gasteiger partial charge in [-0.15, -0.1) is 0 Å². The fourth-order valence-electron chi connectivity index (χ4n) is 3.97. The third-order valence-electron chi connectivity index (χ3n) is 5.77. The first kappa shape index (κ1) is 27.7. The Balaban J connectivity index is 1.58. The van der Waals surface area contributed by atoms with Gasteiger partial charge in [-0.05, 0) is 56.3 Å². The van der Waals surface area contributed by atoms with E-state index in [4.69, 9.17) is 34.8 Å². The number of carbonyl (C=O) groups is 1. The molecule has 0 saturated carbocycles. The van der Waals surface area contributed by atoms with E-state index >= 15 is 0 Å². The van der Waals surface area contributed by atoms with Crippen molar-refractivity contribution in [2.24, 2.45) is 5.10 Å². The number of nitrogens with zero attached hydrogens (tertiary/aromatic N) is 3. The van der Waals surface area contributed by atoms with Crippen LogP contribution in [-0.4, -0.2) is 31.7 Å². The van der Waals surface area contributed by atoms with E-state index < -0.39 is 22.5 Å². The molecule has 0 bridgehead atoms. The van der Waals surface area contributed by atoms with Crippen molar-refractivity contribution in [3.05, 3.63) is 111 Å². The fraction of sp³-hybridized carbons (Fsp3) is 0.111. The Labute approximate surface area is 236 Å². The van der Waals surface area contributed by atoms with Gasteiger partial charge in [-0.25, -0.2) is 13.8 Å². The molecule has 0 radical (unpaired) electrons. The quantitative estimate of drug-likeness (QED) is 0.191. The number of anilines is 1. The molecule has 1 heterocycles. The standard InChI is InChI=1S/C27H23Cl3N4O3S/c1-18-15-20(19(2)34(18)24-13-7-6-11-22(24)28)16-31-32-26(35)17-33(25-14-8-12-23(29)27(25)30)38(36,37)21-9-4-3-5-10-21/h3-16H,17H2,1-2H3,(H,32,35)/b31-16+. The van der Waals surface area contributed by atoms with Crippen molar-refractivity contribution in [2.45, 2.75) is 18.7 Å². The summed E-state index contributed by atoms with van der Waals surface area (Å²) in [6.07, 6.45) is 1.50. The summed E-state index contributed by atoms with van der Waals surface area (Å²) >= 11 is 18.8. The zero-order valence-corrected chi connectivity index (χ0v) is 23.5. The number of carbonyl (C=O) groups excluding carboxylic acids is 1. The zero-order chi connectivity index (χ0) is 27.4. The van der Waals surface area contributed by atoms with Gasteiger partial charge in [0.1, 0.15) is 6.54 Å². The molecule has 38 heavy (non-hydrogen) atoms. The Morgan fingerprint density at radius 2 is 1.61 bits per heavy atom. The molecule has 0 unspecified atom stereocenters. The first-order chi connectivity index (χ1) is 18.1. The van der Waals surface area contributed by atoms with Crippen LogP contribution in [0.5, 0.6) is 0 Å². The predicted molar refractivity (Wildman–Crippen MR) is 153 cm³/mol. The van der Waals surface area contributed by atoms with Crippen LogP contribution in [0.3, 0.4) is 0 Å². The maximum atomic E-state index is 13.5. The lowest BCUT2D eigenvalue weighted by Crippen LogP contribution is -2.39. The molecule has 1 N–H and O–H groups in total. The van der Waals surface area contributed by atoms with Crippen molar-refractivity contribution in [1.29, 1.82) is 0 Å². The van der Waals surface area contributed by atoms with Crippen molar-refractivity contribution < 1.29 is 13.2 Å². The molecule has 0 aliphatic heterocycles. The molecule has 0 fully saturated rings. The van der Waals surface area contributed by atoms with Crippen LogP contribution in [-0.2, 0) is 14.8 Å². The molecule has 196 valence electrons. The molecular formula is C27H23Cl3N4O3S. The van der Waals surface area contributed by atoms with Gasteiger partial charge in [-0.1, -0.05) is 71.2 Å². The van der Waals surface area contributed by atoms with E-state index in [2.05, 4.69) is 10.5 Å². The van der Waals surface area contributed by atoms with Crippen molar-refractivity contribution in [3.8, 4) is 5.69 Å². The number of rotatable bonds is 8. The van der Waals surface area contributed by atoms with Crippen molar-refractivity contribution >= 4 is 62.6 Å². The summed E-state index contributed by atoms with van der Waals surface area (Å²) in [7, 11) is -4.15. The highest BCUT2D eigenvalue weighted by Crippen LogP contribution is 2.35. The average molecular weight is 590 g/mol. The normalized spacial score (nSPS) is 11.6. The minimum atomic E-state index is -4.15. The number of halogens is 3. The van der Waals surface area contributed by atoms with E-state index in [1.807, 2.05) is 48.7 Å². The van der Waals surface area contributed by atoms with Gasteiger partial charge in [-0.3, -0.25) is 9.10 Å². The molecular weight excluding hydrogens is 567 g/mol. The Morgan fingerprint density at radius 3 is 2.32 bits per heavy atom. The molecule has 0 atom stereocenters. The molecule has 3 aromatic carbocycles. The van der Waals surface area contributed by atoms with Crippen LogP contribution in [0.2, 0.25) is 15.1 Å². The van der Waals surface area contributed by atoms with Gasteiger partial charge in [-0.2, -0.15) is 5.10 Å². The largest absolute Gasteiger partial charge is 0.316 e. The Hall–Kier alpha value is -3.30. The van der Waals surface area contributed by atoms with Crippen LogP contribution >= 0.6 is 34.8 Å². The summed E-state index contributed by atoms with van der Waals surface area (Å²) in [5.41, 5.74) is 5.87. The lowest BCUT2D eigenvalue weighted by atomic mass is 10.2. The smallest absolute Gasteiger partial charge is 0.264 e. The second kappa shape index (κ2) is 11.6. The first-order valence-corrected chi connectivity index (χ1v) is 14.0. The summed E-state index contributed by atoms with van der Waals surface area (Å²) < 4.78 is 29.8. The Bertz CT molecular complexity index is 1620. The van der Waals surface area contributed by atoms with E-state index in [0.717, 1.165) is 26.9 Å². The number of hydrogen-bond acceptors (Lipinski definition) is 4. The maximum Gasteiger partial charge on any atom is 0.264 e. The first-order valence-electron chi connectivity index (χ1n) is 11.4. The van der Waals surface area contributed by atoms with Crippen molar-refractivity contribution in [2.75, 3.05) is 10.8 Å². The van der Waals surface area contributed by atoms with Gasteiger partial charge in [0.05, 0.1) is 37.6 Å². The zero-order valence-electron chi connectivity index (χ0n) is 20.4. The molecule has 0 aliphatic carbocycles. The number of sulfonamides is 1. The minimum Gasteiger partial charge on any atom is -0.316 e. The molecule has 4 aromatic rings. The summed E-state index contributed by atoms with van der Waals surface area (Å²) in [6, 6.07) is 21.7. The van der Waals surface area contributed by atoms with Crippen molar-refractivity contribution in [3.63, 3.8) is 0 Å². The van der Waals surface area contributed by atoms with Crippen LogP contribution in [0.15, 0.2) is 88.9 Å². The molecule has 4 rings (SSSR count). The number of para-hydroxylation sites is 1. The predicted octanol–water partition coefficient (Wildman–Crippen LogP) is 6.40. The second-order valence-corrected chi connectivity index (χ2v) is 11.4. The van der Waals surface area contributed by atoms with E-state index in [9.17, 15) is 13.2 Å². The third kappa shape index (κ3) is 5.73. The van der Waals surface area contributed by atoms with Gasteiger partial charge in [0.15, 0.2) is 0 Å². The van der Waals surface area contributed by atoms with E-state index in [0.29, 0.717) is 5.02 Å². The number of amides is 1. The fourth-order valence-corrected chi connectivity index (χ4v) is 6.09. The second-order valence-electron chi connectivity index (χ2n) is 8.30. The molecule has 0 saturated heterocycles. The molecule has 1 aromatic heterocycles. The van der Waals surface area contributed by atoms with Gasteiger partial charge < -0.3 is 4.57 Å². The van der Waals surface area contributed by atoms with Crippen LogP contribution in [0, 0.1) is 13.8 Å². The van der Waals surface area contributed by atoms with Crippen LogP contribution < -0.4 is 9.73 Å². The summed E-state index contributed by atoms with van der Waals surface area (Å²) in [5, 5.41) is 4.83.